The van der Waals surface area contributed by atoms with Gasteiger partial charge in [-0.1, -0.05) is 0 Å². The minimum atomic E-state index is -0.105. The summed E-state index contributed by atoms with van der Waals surface area (Å²) < 4.78 is 5.17. The molecule has 2 atom stereocenters. The molecule has 2 unspecified atom stereocenters. The van der Waals surface area contributed by atoms with E-state index in [1.165, 1.54) is 0 Å². The van der Waals surface area contributed by atoms with Crippen molar-refractivity contribution >= 4 is 5.97 Å². The van der Waals surface area contributed by atoms with E-state index in [2.05, 4.69) is 10.2 Å². The van der Waals surface area contributed by atoms with E-state index in [-0.39, 0.29) is 18.1 Å². The molecule has 1 saturated heterocycles. The molecule has 1 rings (SSSR count). The van der Waals surface area contributed by atoms with E-state index >= 15 is 0 Å². The normalized spacial score (nSPS) is 26.3. The molecule has 0 amide bonds. The molecule has 0 bridgehead atoms. The number of nitrogens with zero attached hydrogens (tertiary/aromatic N) is 1. The van der Waals surface area contributed by atoms with Crippen LogP contribution in [0.3, 0.4) is 0 Å². The summed E-state index contributed by atoms with van der Waals surface area (Å²) in [4.78, 5) is 13.7. The maximum Gasteiger partial charge on any atom is 0.323 e. The minimum absolute atomic E-state index is 0.0211. The number of carbonyl (C=O) groups is 1. The van der Waals surface area contributed by atoms with Gasteiger partial charge in [-0.2, -0.15) is 0 Å². The largest absolute Gasteiger partial charge is 0.462 e. The summed E-state index contributed by atoms with van der Waals surface area (Å²) in [6.07, 6.45) is 1.92. The van der Waals surface area contributed by atoms with E-state index in [1.54, 1.807) is 0 Å². The molecule has 1 aliphatic heterocycles. The average molecular weight is 214 g/mol. The van der Waals surface area contributed by atoms with Crippen LogP contribution in [-0.2, 0) is 9.53 Å². The van der Waals surface area contributed by atoms with Crippen molar-refractivity contribution in [3.63, 3.8) is 0 Å². The number of rotatable bonds is 4. The second kappa shape index (κ2) is 5.47. The van der Waals surface area contributed by atoms with Gasteiger partial charge in [0, 0.05) is 12.6 Å². The summed E-state index contributed by atoms with van der Waals surface area (Å²) >= 11 is 0. The van der Waals surface area contributed by atoms with E-state index in [0.29, 0.717) is 6.04 Å². The van der Waals surface area contributed by atoms with Crippen LogP contribution in [0.25, 0.3) is 0 Å². The predicted octanol–water partition coefficient (Wildman–Crippen LogP) is 0.620. The van der Waals surface area contributed by atoms with Gasteiger partial charge in [0.15, 0.2) is 0 Å². The topological polar surface area (TPSA) is 41.6 Å². The van der Waals surface area contributed by atoms with Crippen LogP contribution in [0.4, 0.5) is 0 Å². The SMILES string of the molecule is CC(C)OC(=O)C1CCC(CN(C)C)N1. The Labute approximate surface area is 92.0 Å². The molecule has 0 aromatic heterocycles. The third-order valence-corrected chi connectivity index (χ3v) is 2.46. The second-order valence-electron chi connectivity index (χ2n) is 4.74. The van der Waals surface area contributed by atoms with Gasteiger partial charge in [0.2, 0.25) is 0 Å². The van der Waals surface area contributed by atoms with Gasteiger partial charge in [0.25, 0.3) is 0 Å². The maximum atomic E-state index is 11.6. The van der Waals surface area contributed by atoms with Crippen molar-refractivity contribution in [2.75, 3.05) is 20.6 Å². The number of nitrogens with one attached hydrogen (secondary N) is 1. The number of ether oxygens (including phenoxy) is 1. The van der Waals surface area contributed by atoms with Gasteiger partial charge in [0.1, 0.15) is 6.04 Å². The molecule has 0 saturated carbocycles. The fourth-order valence-corrected chi connectivity index (χ4v) is 1.90. The van der Waals surface area contributed by atoms with Crippen molar-refractivity contribution in [1.82, 2.24) is 10.2 Å². The van der Waals surface area contributed by atoms with Gasteiger partial charge < -0.3 is 15.0 Å². The van der Waals surface area contributed by atoms with Gasteiger partial charge in [-0.3, -0.25) is 4.79 Å². The molecule has 0 aliphatic carbocycles. The number of hydrogen-bond acceptors (Lipinski definition) is 4. The highest BCUT2D eigenvalue weighted by molar-refractivity contribution is 5.76. The third-order valence-electron chi connectivity index (χ3n) is 2.46. The van der Waals surface area contributed by atoms with Crippen LogP contribution < -0.4 is 5.32 Å². The van der Waals surface area contributed by atoms with E-state index in [9.17, 15) is 4.79 Å². The van der Waals surface area contributed by atoms with Crippen molar-refractivity contribution in [2.24, 2.45) is 0 Å². The zero-order valence-corrected chi connectivity index (χ0v) is 10.1. The maximum absolute atomic E-state index is 11.6. The second-order valence-corrected chi connectivity index (χ2v) is 4.74. The summed E-state index contributed by atoms with van der Waals surface area (Å²) in [5.41, 5.74) is 0. The number of hydrogen-bond donors (Lipinski definition) is 1. The van der Waals surface area contributed by atoms with Crippen molar-refractivity contribution in [2.45, 2.75) is 44.9 Å². The first-order valence-electron chi connectivity index (χ1n) is 5.60. The summed E-state index contributed by atoms with van der Waals surface area (Å²) in [5.74, 6) is -0.105. The Morgan fingerprint density at radius 2 is 2.13 bits per heavy atom. The van der Waals surface area contributed by atoms with Crippen LogP contribution in [0.15, 0.2) is 0 Å². The van der Waals surface area contributed by atoms with Crippen LogP contribution in [0.1, 0.15) is 26.7 Å². The van der Waals surface area contributed by atoms with Crippen LogP contribution in [0, 0.1) is 0 Å². The smallest absolute Gasteiger partial charge is 0.323 e. The van der Waals surface area contributed by atoms with Crippen LogP contribution in [0.5, 0.6) is 0 Å². The molecule has 88 valence electrons. The Balaban J connectivity index is 2.32. The van der Waals surface area contributed by atoms with Gasteiger partial charge in [-0.25, -0.2) is 0 Å². The van der Waals surface area contributed by atoms with Gasteiger partial charge in [-0.05, 0) is 40.8 Å². The van der Waals surface area contributed by atoms with E-state index in [4.69, 9.17) is 4.74 Å². The fraction of sp³-hybridized carbons (Fsp3) is 0.909. The summed E-state index contributed by atoms with van der Waals surface area (Å²) in [5, 5.41) is 3.31. The lowest BCUT2D eigenvalue weighted by Gasteiger charge is -2.18. The Hall–Kier alpha value is -0.610. The Morgan fingerprint density at radius 1 is 1.47 bits per heavy atom. The quantitative estimate of drug-likeness (QED) is 0.697. The van der Waals surface area contributed by atoms with Gasteiger partial charge in [0.05, 0.1) is 6.10 Å². The van der Waals surface area contributed by atoms with Crippen LogP contribution >= 0.6 is 0 Å². The molecule has 1 heterocycles. The van der Waals surface area contributed by atoms with Crippen molar-refractivity contribution in [3.8, 4) is 0 Å². The average Bonchev–Trinajstić information content (AvgIpc) is 2.50. The Bertz CT molecular complexity index is 217. The zero-order valence-electron chi connectivity index (χ0n) is 10.1. The Morgan fingerprint density at radius 3 is 2.67 bits per heavy atom. The first kappa shape index (κ1) is 12.5. The van der Waals surface area contributed by atoms with Crippen molar-refractivity contribution in [1.29, 1.82) is 0 Å². The molecule has 15 heavy (non-hydrogen) atoms. The molecule has 1 N–H and O–H groups in total. The molecule has 4 nitrogen and oxygen atoms in total. The molecular weight excluding hydrogens is 192 g/mol. The summed E-state index contributed by atoms with van der Waals surface area (Å²) in [6.45, 7) is 4.74. The van der Waals surface area contributed by atoms with Crippen molar-refractivity contribution < 1.29 is 9.53 Å². The van der Waals surface area contributed by atoms with E-state index in [0.717, 1.165) is 19.4 Å². The molecule has 0 aromatic rings. The third kappa shape index (κ3) is 4.18. The summed E-state index contributed by atoms with van der Waals surface area (Å²) in [6, 6.07) is 0.321. The predicted molar refractivity (Wildman–Crippen MR) is 59.7 cm³/mol. The van der Waals surface area contributed by atoms with Crippen molar-refractivity contribution in [3.05, 3.63) is 0 Å². The molecule has 0 radical (unpaired) electrons. The standard InChI is InChI=1S/C11H22N2O2/c1-8(2)15-11(14)10-6-5-9(12-10)7-13(3)4/h8-10,12H,5-7H2,1-4H3. The zero-order chi connectivity index (χ0) is 11.4. The first-order valence-corrected chi connectivity index (χ1v) is 5.60. The lowest BCUT2D eigenvalue weighted by Crippen LogP contribution is -2.41. The lowest BCUT2D eigenvalue weighted by molar-refractivity contribution is -0.149. The van der Waals surface area contributed by atoms with Gasteiger partial charge in [-0.15, -0.1) is 0 Å². The van der Waals surface area contributed by atoms with Crippen LogP contribution in [-0.4, -0.2) is 49.7 Å². The highest BCUT2D eigenvalue weighted by atomic mass is 16.5. The first-order chi connectivity index (χ1) is 6.99. The molecule has 1 aliphatic rings. The monoisotopic (exact) mass is 214 g/mol. The van der Waals surface area contributed by atoms with E-state index in [1.807, 2.05) is 27.9 Å². The molecular formula is C11H22N2O2. The van der Waals surface area contributed by atoms with Crippen LogP contribution in [0.2, 0.25) is 0 Å². The fourth-order valence-electron chi connectivity index (χ4n) is 1.90. The lowest BCUT2D eigenvalue weighted by atomic mass is 10.2. The number of likely N-dealkylation sites (N-methyl/N-ethyl adjacent to an activating group) is 1. The molecule has 0 spiro atoms. The number of esters is 1. The highest BCUT2D eigenvalue weighted by Crippen LogP contribution is 2.14. The molecule has 1 fully saturated rings. The van der Waals surface area contributed by atoms with E-state index < -0.39 is 0 Å². The highest BCUT2D eigenvalue weighted by Gasteiger charge is 2.30. The number of carbonyl (C=O) groups excluding carboxylic acids is 1. The molecule has 0 aromatic carbocycles. The Kier molecular flexibility index (Phi) is 4.54. The molecule has 4 heteroatoms. The minimum Gasteiger partial charge on any atom is -0.462 e. The van der Waals surface area contributed by atoms with Gasteiger partial charge >= 0.3 is 5.97 Å². The summed E-state index contributed by atoms with van der Waals surface area (Å²) in [7, 11) is 4.09.